The number of thioether (sulfide) groups is 2. The van der Waals surface area contributed by atoms with E-state index in [0.717, 1.165) is 34.3 Å². The van der Waals surface area contributed by atoms with Crippen molar-refractivity contribution in [3.05, 3.63) is 96.6 Å². The Balaban J connectivity index is 0.00000205. The molecule has 0 unspecified atom stereocenters. The van der Waals surface area contributed by atoms with Crippen molar-refractivity contribution >= 4 is 23.5 Å². The molecule has 0 N–H and O–H groups in total. The molecule has 1 aliphatic rings. The first-order chi connectivity index (χ1) is 13.9. The van der Waals surface area contributed by atoms with Crippen LogP contribution < -0.4 is 0 Å². The molecule has 2 aromatic carbocycles. The normalized spacial score (nSPS) is 15.6. The van der Waals surface area contributed by atoms with Crippen molar-refractivity contribution in [2.75, 3.05) is 11.5 Å². The van der Waals surface area contributed by atoms with Crippen molar-refractivity contribution in [2.24, 2.45) is 0 Å². The topological polar surface area (TPSA) is 35.6 Å². The fourth-order valence-corrected chi connectivity index (χ4v) is 6.47. The summed E-state index contributed by atoms with van der Waals surface area (Å²) >= 11 is 3.85. The molecule has 0 amide bonds. The molecule has 1 fully saturated rings. The molecule has 7 heteroatoms. The van der Waals surface area contributed by atoms with Gasteiger partial charge in [0.15, 0.2) is 0 Å². The predicted octanol–water partition coefficient (Wildman–Crippen LogP) is 4.73. The van der Waals surface area contributed by atoms with Gasteiger partial charge in [0.1, 0.15) is 4.08 Å². The molecule has 0 saturated carbocycles. The fourth-order valence-electron chi connectivity index (χ4n) is 3.28. The summed E-state index contributed by atoms with van der Waals surface area (Å²) in [6.07, 6.45) is 5.23. The second-order valence-corrected chi connectivity index (χ2v) is 9.33. The van der Waals surface area contributed by atoms with Crippen LogP contribution in [0.3, 0.4) is 0 Å². The third kappa shape index (κ3) is 3.98. The maximum Gasteiger partial charge on any atom is 2.00 e. The van der Waals surface area contributed by atoms with Gasteiger partial charge in [0.25, 0.3) is 0 Å². The van der Waals surface area contributed by atoms with E-state index < -0.39 is 0 Å². The standard InChI is InChI=1S/C22H18N4S2.Pt/c1-3-8-18(9-4-1)25-14-12-20(23-25)22(27-16-7-17-28-22)21-13-15-26(24-21)19-10-5-2-6-11-19;/h1-6,8,10,12-15H,7,16-17H2;/q-2;+2. The number of hydrogen-bond donors (Lipinski definition) is 0. The average molecular weight is 598 g/mol. The number of aromatic nitrogens is 4. The quantitative estimate of drug-likeness (QED) is 0.319. The summed E-state index contributed by atoms with van der Waals surface area (Å²) < 4.78 is 3.50. The smallest absolute Gasteiger partial charge is 0.265 e. The first-order valence-corrected chi connectivity index (χ1v) is 11.2. The van der Waals surface area contributed by atoms with Crippen molar-refractivity contribution in [1.82, 2.24) is 19.6 Å². The summed E-state index contributed by atoms with van der Waals surface area (Å²) in [5.41, 5.74) is 3.95. The molecule has 0 radical (unpaired) electrons. The molecule has 0 atom stereocenters. The molecule has 29 heavy (non-hydrogen) atoms. The van der Waals surface area contributed by atoms with Crippen LogP contribution in [0, 0.1) is 12.1 Å². The summed E-state index contributed by atoms with van der Waals surface area (Å²) in [6, 6.07) is 26.5. The SMILES string of the molecule is [Pt+2].[c-]1ccccc1-n1ccc(C2(c3ccn(-c4[c-]cccc4)n3)SCCCS2)n1. The third-order valence-corrected chi connectivity index (χ3v) is 7.97. The van der Waals surface area contributed by atoms with E-state index >= 15 is 0 Å². The average Bonchev–Trinajstić information content (AvgIpc) is 3.46. The Kier molecular flexibility index (Phi) is 6.33. The van der Waals surface area contributed by atoms with Crippen molar-refractivity contribution in [1.29, 1.82) is 0 Å². The van der Waals surface area contributed by atoms with Gasteiger partial charge >= 0.3 is 21.1 Å². The number of para-hydroxylation sites is 2. The first-order valence-electron chi connectivity index (χ1n) is 9.20. The molecular weight excluding hydrogens is 579 g/mol. The van der Waals surface area contributed by atoms with Crippen LogP contribution in [0.1, 0.15) is 17.8 Å². The molecule has 148 valence electrons. The van der Waals surface area contributed by atoms with Crippen molar-refractivity contribution in [3.8, 4) is 11.4 Å². The molecular formula is C22H18N4PtS2. The van der Waals surface area contributed by atoms with Crippen LogP contribution in [-0.2, 0) is 25.1 Å². The van der Waals surface area contributed by atoms with Crippen LogP contribution in [0.2, 0.25) is 0 Å². The van der Waals surface area contributed by atoms with E-state index in [0.29, 0.717) is 0 Å². The number of benzene rings is 2. The number of hydrogen-bond acceptors (Lipinski definition) is 4. The van der Waals surface area contributed by atoms with Gasteiger partial charge in [0.2, 0.25) is 0 Å². The first kappa shape index (κ1) is 20.5. The van der Waals surface area contributed by atoms with Crippen LogP contribution in [0.25, 0.3) is 11.4 Å². The third-order valence-electron chi connectivity index (χ3n) is 4.63. The summed E-state index contributed by atoms with van der Waals surface area (Å²) in [5, 5.41) is 9.84. The maximum absolute atomic E-state index is 4.92. The molecule has 1 saturated heterocycles. The monoisotopic (exact) mass is 597 g/mol. The van der Waals surface area contributed by atoms with E-state index in [9.17, 15) is 0 Å². The van der Waals surface area contributed by atoms with Gasteiger partial charge in [-0.05, 0) is 41.4 Å². The molecule has 5 rings (SSSR count). The molecule has 4 aromatic rings. The Morgan fingerprint density at radius 2 is 1.28 bits per heavy atom. The van der Waals surface area contributed by atoms with Crippen LogP contribution in [0.4, 0.5) is 0 Å². The van der Waals surface area contributed by atoms with Crippen molar-refractivity contribution in [3.63, 3.8) is 0 Å². The zero-order valence-corrected chi connectivity index (χ0v) is 19.4. The summed E-state index contributed by atoms with van der Waals surface area (Å²) in [5.74, 6) is 2.20. The minimum Gasteiger partial charge on any atom is -0.265 e. The molecule has 0 spiro atoms. The van der Waals surface area contributed by atoms with Crippen molar-refractivity contribution in [2.45, 2.75) is 10.5 Å². The summed E-state index contributed by atoms with van der Waals surface area (Å²) in [4.78, 5) is 0. The summed E-state index contributed by atoms with van der Waals surface area (Å²) in [6.45, 7) is 0. The Bertz CT molecular complexity index is 977. The van der Waals surface area contributed by atoms with Gasteiger partial charge in [-0.3, -0.25) is 9.36 Å². The van der Waals surface area contributed by atoms with Gasteiger partial charge < -0.3 is 0 Å². The molecule has 1 aliphatic heterocycles. The molecule has 2 aromatic heterocycles. The van der Waals surface area contributed by atoms with E-state index in [-0.39, 0.29) is 25.1 Å². The Morgan fingerprint density at radius 3 is 1.72 bits per heavy atom. The van der Waals surface area contributed by atoms with Gasteiger partial charge in [-0.1, -0.05) is 0 Å². The van der Waals surface area contributed by atoms with Crippen LogP contribution in [-0.4, -0.2) is 31.1 Å². The minimum atomic E-state index is -0.293. The van der Waals surface area contributed by atoms with Crippen LogP contribution in [0.5, 0.6) is 0 Å². The molecule has 3 heterocycles. The molecule has 0 aliphatic carbocycles. The number of nitrogens with zero attached hydrogens (tertiary/aromatic N) is 4. The van der Waals surface area contributed by atoms with E-state index in [4.69, 9.17) is 10.2 Å². The second-order valence-electron chi connectivity index (χ2n) is 6.45. The largest absolute Gasteiger partial charge is 2.00 e. The minimum absolute atomic E-state index is 0. The van der Waals surface area contributed by atoms with E-state index in [1.54, 1.807) is 0 Å². The van der Waals surface area contributed by atoms with Crippen LogP contribution in [0.15, 0.2) is 73.1 Å². The predicted molar refractivity (Wildman–Crippen MR) is 115 cm³/mol. The van der Waals surface area contributed by atoms with Gasteiger partial charge in [0, 0.05) is 12.4 Å². The Morgan fingerprint density at radius 1 is 0.759 bits per heavy atom. The van der Waals surface area contributed by atoms with Gasteiger partial charge in [-0.2, -0.15) is 58.7 Å². The van der Waals surface area contributed by atoms with E-state index in [1.165, 1.54) is 6.42 Å². The van der Waals surface area contributed by atoms with Gasteiger partial charge in [0.05, 0.1) is 11.4 Å². The second kappa shape index (κ2) is 8.95. The zero-order chi connectivity index (χ0) is 18.8. The van der Waals surface area contributed by atoms with E-state index in [2.05, 4.69) is 24.3 Å². The van der Waals surface area contributed by atoms with Gasteiger partial charge in [-0.15, -0.1) is 35.7 Å². The molecule has 4 nitrogen and oxygen atoms in total. The maximum atomic E-state index is 4.92. The van der Waals surface area contributed by atoms with Crippen molar-refractivity contribution < 1.29 is 21.1 Å². The zero-order valence-electron chi connectivity index (χ0n) is 15.5. The Hall–Kier alpha value is -1.75. The number of rotatable bonds is 4. The summed E-state index contributed by atoms with van der Waals surface area (Å²) in [7, 11) is 0. The van der Waals surface area contributed by atoms with Gasteiger partial charge in [-0.25, -0.2) is 0 Å². The molecule has 0 bridgehead atoms. The fraction of sp³-hybridized carbons (Fsp3) is 0.182. The van der Waals surface area contributed by atoms with Crippen LogP contribution >= 0.6 is 23.5 Å². The Labute approximate surface area is 193 Å². The van der Waals surface area contributed by atoms with E-state index in [1.807, 2.05) is 93.8 Å².